The standard InChI is InChI=1S/C19H29N3O/c1-2-20-19(21-10-5-11-23-14-15-8-9-15)22-13-17-12-16-6-3-4-7-18(16)17/h3-4,6-7,15,17H,2,5,8-14H2,1H3,(H2,20,21,22). The van der Waals surface area contributed by atoms with E-state index in [0.29, 0.717) is 5.92 Å². The van der Waals surface area contributed by atoms with Gasteiger partial charge in [0.1, 0.15) is 0 Å². The van der Waals surface area contributed by atoms with Crippen LogP contribution in [0, 0.1) is 5.92 Å². The molecule has 1 aromatic carbocycles. The Balaban J connectivity index is 1.35. The fraction of sp³-hybridized carbons (Fsp3) is 0.632. The maximum absolute atomic E-state index is 5.66. The summed E-state index contributed by atoms with van der Waals surface area (Å²) in [4.78, 5) is 4.74. The van der Waals surface area contributed by atoms with Crippen molar-refractivity contribution in [3.63, 3.8) is 0 Å². The molecule has 0 aromatic heterocycles. The molecule has 1 saturated carbocycles. The molecule has 4 nitrogen and oxygen atoms in total. The highest BCUT2D eigenvalue weighted by Crippen LogP contribution is 2.34. The van der Waals surface area contributed by atoms with Crippen molar-refractivity contribution in [2.45, 2.75) is 38.5 Å². The smallest absolute Gasteiger partial charge is 0.191 e. The van der Waals surface area contributed by atoms with E-state index in [1.807, 2.05) is 0 Å². The molecule has 1 unspecified atom stereocenters. The van der Waals surface area contributed by atoms with Crippen LogP contribution < -0.4 is 10.6 Å². The van der Waals surface area contributed by atoms with Crippen LogP contribution in [0.3, 0.4) is 0 Å². The van der Waals surface area contributed by atoms with Crippen LogP contribution in [0.5, 0.6) is 0 Å². The molecule has 0 radical (unpaired) electrons. The Morgan fingerprint density at radius 2 is 2.13 bits per heavy atom. The summed E-state index contributed by atoms with van der Waals surface area (Å²) in [5, 5.41) is 6.74. The number of nitrogens with one attached hydrogen (secondary N) is 2. The number of fused-ring (bicyclic) bond motifs is 1. The number of guanidine groups is 1. The molecule has 0 amide bonds. The van der Waals surface area contributed by atoms with E-state index in [1.165, 1.54) is 24.0 Å². The summed E-state index contributed by atoms with van der Waals surface area (Å²) in [7, 11) is 0. The van der Waals surface area contributed by atoms with Crippen LogP contribution in [0.25, 0.3) is 0 Å². The van der Waals surface area contributed by atoms with Gasteiger partial charge in [0.2, 0.25) is 0 Å². The van der Waals surface area contributed by atoms with Gasteiger partial charge in [0, 0.05) is 38.8 Å². The molecule has 23 heavy (non-hydrogen) atoms. The van der Waals surface area contributed by atoms with Gasteiger partial charge in [0.05, 0.1) is 0 Å². The van der Waals surface area contributed by atoms with Crippen molar-refractivity contribution in [1.29, 1.82) is 0 Å². The van der Waals surface area contributed by atoms with Crippen LogP contribution in [0.2, 0.25) is 0 Å². The fourth-order valence-electron chi connectivity index (χ4n) is 2.98. The van der Waals surface area contributed by atoms with Crippen molar-refractivity contribution in [3.05, 3.63) is 35.4 Å². The van der Waals surface area contributed by atoms with Gasteiger partial charge in [-0.1, -0.05) is 24.3 Å². The second-order valence-electron chi connectivity index (χ2n) is 6.62. The van der Waals surface area contributed by atoms with Crippen LogP contribution in [0.15, 0.2) is 29.3 Å². The molecule has 1 fully saturated rings. The summed E-state index contributed by atoms with van der Waals surface area (Å²) in [5.74, 6) is 2.37. The van der Waals surface area contributed by atoms with Gasteiger partial charge in [0.15, 0.2) is 5.96 Å². The van der Waals surface area contributed by atoms with Crippen LogP contribution >= 0.6 is 0 Å². The van der Waals surface area contributed by atoms with Crippen LogP contribution in [0.4, 0.5) is 0 Å². The van der Waals surface area contributed by atoms with Gasteiger partial charge >= 0.3 is 0 Å². The van der Waals surface area contributed by atoms with Crippen molar-refractivity contribution < 1.29 is 4.74 Å². The van der Waals surface area contributed by atoms with Gasteiger partial charge < -0.3 is 15.4 Å². The van der Waals surface area contributed by atoms with Gasteiger partial charge in [-0.05, 0) is 49.7 Å². The minimum Gasteiger partial charge on any atom is -0.381 e. The van der Waals surface area contributed by atoms with Crippen molar-refractivity contribution in [1.82, 2.24) is 10.6 Å². The third-order valence-corrected chi connectivity index (χ3v) is 4.58. The first-order valence-corrected chi connectivity index (χ1v) is 9.04. The number of rotatable bonds is 9. The summed E-state index contributed by atoms with van der Waals surface area (Å²) in [6.07, 6.45) is 4.91. The lowest BCUT2D eigenvalue weighted by Gasteiger charge is -2.28. The highest BCUT2D eigenvalue weighted by molar-refractivity contribution is 5.79. The zero-order valence-corrected chi connectivity index (χ0v) is 14.2. The third-order valence-electron chi connectivity index (χ3n) is 4.58. The molecule has 0 spiro atoms. The van der Waals surface area contributed by atoms with Crippen LogP contribution in [-0.2, 0) is 11.2 Å². The summed E-state index contributed by atoms with van der Waals surface area (Å²) in [6.45, 7) is 6.58. The Morgan fingerprint density at radius 1 is 1.26 bits per heavy atom. The monoisotopic (exact) mass is 315 g/mol. The summed E-state index contributed by atoms with van der Waals surface area (Å²) in [5.41, 5.74) is 2.96. The third kappa shape index (κ3) is 4.96. The van der Waals surface area contributed by atoms with E-state index in [0.717, 1.165) is 57.6 Å². The van der Waals surface area contributed by atoms with E-state index in [4.69, 9.17) is 9.73 Å². The predicted molar refractivity (Wildman–Crippen MR) is 95.0 cm³/mol. The number of nitrogens with zero attached hydrogens (tertiary/aromatic N) is 1. The van der Waals surface area contributed by atoms with Gasteiger partial charge in [-0.3, -0.25) is 4.99 Å². The van der Waals surface area contributed by atoms with E-state index in [9.17, 15) is 0 Å². The molecule has 2 aliphatic rings. The van der Waals surface area contributed by atoms with Gasteiger partial charge in [-0.2, -0.15) is 0 Å². The lowest BCUT2D eigenvalue weighted by atomic mass is 9.78. The number of hydrogen-bond donors (Lipinski definition) is 2. The number of hydrogen-bond acceptors (Lipinski definition) is 2. The van der Waals surface area contributed by atoms with E-state index < -0.39 is 0 Å². The Labute approximate surface area is 139 Å². The molecular formula is C19H29N3O. The van der Waals surface area contributed by atoms with Crippen molar-refractivity contribution in [2.75, 3.05) is 32.8 Å². The average molecular weight is 315 g/mol. The largest absolute Gasteiger partial charge is 0.381 e. The summed E-state index contributed by atoms with van der Waals surface area (Å²) < 4.78 is 5.66. The van der Waals surface area contributed by atoms with Crippen LogP contribution in [-0.4, -0.2) is 38.8 Å². The fourth-order valence-corrected chi connectivity index (χ4v) is 2.98. The second-order valence-corrected chi connectivity index (χ2v) is 6.62. The molecule has 2 aliphatic carbocycles. The van der Waals surface area contributed by atoms with Crippen molar-refractivity contribution in [2.24, 2.45) is 10.9 Å². The average Bonchev–Trinajstić information content (AvgIpc) is 3.35. The first-order chi connectivity index (χ1) is 11.4. The Hall–Kier alpha value is -1.55. The van der Waals surface area contributed by atoms with E-state index in [2.05, 4.69) is 41.8 Å². The number of aliphatic imine (C=N–C) groups is 1. The first kappa shape index (κ1) is 16.3. The molecule has 126 valence electrons. The molecule has 3 rings (SSSR count). The number of ether oxygens (including phenoxy) is 1. The molecular weight excluding hydrogens is 286 g/mol. The minimum atomic E-state index is 0.587. The SMILES string of the molecule is CCNC(=NCC1Cc2ccccc21)NCCCOCC1CC1. The highest BCUT2D eigenvalue weighted by Gasteiger charge is 2.24. The molecule has 0 bridgehead atoms. The topological polar surface area (TPSA) is 45.7 Å². The Kier molecular flexibility index (Phi) is 5.92. The lowest BCUT2D eigenvalue weighted by Crippen LogP contribution is -2.38. The highest BCUT2D eigenvalue weighted by atomic mass is 16.5. The van der Waals surface area contributed by atoms with Crippen LogP contribution in [0.1, 0.15) is 43.2 Å². The Bertz CT molecular complexity index is 525. The maximum atomic E-state index is 5.66. The van der Waals surface area contributed by atoms with Gasteiger partial charge in [-0.25, -0.2) is 0 Å². The zero-order valence-electron chi connectivity index (χ0n) is 14.2. The molecule has 0 saturated heterocycles. The second kappa shape index (κ2) is 8.34. The van der Waals surface area contributed by atoms with E-state index >= 15 is 0 Å². The molecule has 1 atom stereocenters. The molecule has 0 aliphatic heterocycles. The van der Waals surface area contributed by atoms with E-state index in [1.54, 1.807) is 0 Å². The summed E-state index contributed by atoms with van der Waals surface area (Å²) in [6, 6.07) is 8.70. The Morgan fingerprint density at radius 3 is 2.91 bits per heavy atom. The van der Waals surface area contributed by atoms with Crippen molar-refractivity contribution >= 4 is 5.96 Å². The predicted octanol–water partition coefficient (Wildman–Crippen LogP) is 2.70. The van der Waals surface area contributed by atoms with Crippen molar-refractivity contribution in [3.8, 4) is 0 Å². The zero-order chi connectivity index (χ0) is 15.9. The molecule has 1 aromatic rings. The number of benzene rings is 1. The summed E-state index contributed by atoms with van der Waals surface area (Å²) >= 11 is 0. The first-order valence-electron chi connectivity index (χ1n) is 9.04. The quantitative estimate of drug-likeness (QED) is 0.418. The molecule has 0 heterocycles. The van der Waals surface area contributed by atoms with Gasteiger partial charge in [-0.15, -0.1) is 0 Å². The lowest BCUT2D eigenvalue weighted by molar-refractivity contribution is 0.123. The normalized spacial score (nSPS) is 19.9. The maximum Gasteiger partial charge on any atom is 0.191 e. The minimum absolute atomic E-state index is 0.587. The van der Waals surface area contributed by atoms with E-state index in [-0.39, 0.29) is 0 Å². The molecule has 2 N–H and O–H groups in total. The van der Waals surface area contributed by atoms with Gasteiger partial charge in [0.25, 0.3) is 0 Å². The molecule has 4 heteroatoms.